The molecule has 1 amide bonds. The number of nitrogens with one attached hydrogen (secondary N) is 1. The number of carbonyl (C=O) groups is 1. The fourth-order valence-electron chi connectivity index (χ4n) is 2.67. The summed E-state index contributed by atoms with van der Waals surface area (Å²) in [5.74, 6) is 1.51. The van der Waals surface area contributed by atoms with E-state index in [9.17, 15) is 4.79 Å². The lowest BCUT2D eigenvalue weighted by Crippen LogP contribution is -2.50. The number of rotatable bonds is 7. The van der Waals surface area contributed by atoms with Crippen molar-refractivity contribution in [3.63, 3.8) is 0 Å². The lowest BCUT2D eigenvalue weighted by molar-refractivity contribution is -0.135. The standard InChI is InChI=1S/C16H24N2O3/c1-20-13-5-4-12(10-14(13)21-2)6-9-18-15(19)16(11-17)7-3-8-16/h4-5,10H,3,6-9,11,17H2,1-2H3,(H,18,19). The summed E-state index contributed by atoms with van der Waals surface area (Å²) in [6.07, 6.45) is 3.67. The van der Waals surface area contributed by atoms with Gasteiger partial charge in [0.1, 0.15) is 0 Å². The molecule has 5 heteroatoms. The third-order valence-corrected chi connectivity index (χ3v) is 4.33. The molecule has 116 valence electrons. The summed E-state index contributed by atoms with van der Waals surface area (Å²) in [6.45, 7) is 1.05. The molecule has 1 aromatic rings. The van der Waals surface area contributed by atoms with Crippen LogP contribution in [0.15, 0.2) is 18.2 Å². The summed E-state index contributed by atoms with van der Waals surface area (Å²) in [5, 5.41) is 3.00. The minimum atomic E-state index is -0.308. The van der Waals surface area contributed by atoms with Gasteiger partial charge in [-0.1, -0.05) is 12.5 Å². The van der Waals surface area contributed by atoms with Gasteiger partial charge in [0.2, 0.25) is 5.91 Å². The molecule has 21 heavy (non-hydrogen) atoms. The van der Waals surface area contributed by atoms with Crippen molar-refractivity contribution < 1.29 is 14.3 Å². The lowest BCUT2D eigenvalue weighted by atomic mass is 9.68. The van der Waals surface area contributed by atoms with Crippen LogP contribution in [0.5, 0.6) is 11.5 Å². The number of methoxy groups -OCH3 is 2. The van der Waals surface area contributed by atoms with Crippen LogP contribution < -0.4 is 20.5 Å². The Labute approximate surface area is 125 Å². The molecule has 0 radical (unpaired) electrons. The summed E-state index contributed by atoms with van der Waals surface area (Å²) in [7, 11) is 3.23. The average Bonchev–Trinajstić information content (AvgIpc) is 2.46. The van der Waals surface area contributed by atoms with Crippen molar-refractivity contribution in [2.24, 2.45) is 11.1 Å². The van der Waals surface area contributed by atoms with E-state index in [1.54, 1.807) is 14.2 Å². The highest BCUT2D eigenvalue weighted by atomic mass is 16.5. The Morgan fingerprint density at radius 2 is 2.00 bits per heavy atom. The highest BCUT2D eigenvalue weighted by Gasteiger charge is 2.42. The Bertz CT molecular complexity index is 493. The number of ether oxygens (including phenoxy) is 2. The monoisotopic (exact) mass is 292 g/mol. The molecule has 5 nitrogen and oxygen atoms in total. The number of amides is 1. The zero-order chi connectivity index (χ0) is 15.3. The third kappa shape index (κ3) is 3.29. The van der Waals surface area contributed by atoms with Crippen LogP contribution in [-0.4, -0.2) is 33.2 Å². The summed E-state index contributed by atoms with van der Waals surface area (Å²) < 4.78 is 10.5. The Kier molecular flexibility index (Phi) is 5.07. The van der Waals surface area contributed by atoms with Crippen molar-refractivity contribution in [3.05, 3.63) is 23.8 Å². The van der Waals surface area contributed by atoms with Crippen LogP contribution in [-0.2, 0) is 11.2 Å². The molecule has 0 aromatic heterocycles. The van der Waals surface area contributed by atoms with E-state index in [0.717, 1.165) is 31.2 Å². The fraction of sp³-hybridized carbons (Fsp3) is 0.562. The van der Waals surface area contributed by atoms with E-state index in [-0.39, 0.29) is 11.3 Å². The van der Waals surface area contributed by atoms with Crippen LogP contribution in [0.25, 0.3) is 0 Å². The zero-order valence-electron chi connectivity index (χ0n) is 12.8. The molecule has 1 aliphatic rings. The first-order chi connectivity index (χ1) is 10.1. The number of nitrogens with two attached hydrogens (primary N) is 1. The first-order valence-electron chi connectivity index (χ1n) is 7.34. The molecule has 0 atom stereocenters. The SMILES string of the molecule is COc1ccc(CCNC(=O)C2(CN)CCC2)cc1OC. The van der Waals surface area contributed by atoms with Crippen LogP contribution >= 0.6 is 0 Å². The van der Waals surface area contributed by atoms with E-state index in [0.29, 0.717) is 24.6 Å². The molecule has 1 saturated carbocycles. The molecule has 3 N–H and O–H groups in total. The molecule has 0 bridgehead atoms. The van der Waals surface area contributed by atoms with E-state index >= 15 is 0 Å². The number of hydrogen-bond donors (Lipinski definition) is 2. The molecule has 1 aromatic carbocycles. The van der Waals surface area contributed by atoms with E-state index in [1.165, 1.54) is 0 Å². The Balaban J connectivity index is 1.87. The minimum absolute atomic E-state index is 0.0942. The van der Waals surface area contributed by atoms with Gasteiger partial charge >= 0.3 is 0 Å². The number of carbonyl (C=O) groups excluding carboxylic acids is 1. The summed E-state index contributed by atoms with van der Waals surface area (Å²) in [4.78, 5) is 12.2. The van der Waals surface area contributed by atoms with E-state index in [2.05, 4.69) is 5.32 Å². The van der Waals surface area contributed by atoms with Crippen molar-refractivity contribution in [1.82, 2.24) is 5.32 Å². The fourth-order valence-corrected chi connectivity index (χ4v) is 2.67. The molecule has 0 unspecified atom stereocenters. The van der Waals surface area contributed by atoms with Crippen molar-refractivity contribution >= 4 is 5.91 Å². The lowest BCUT2D eigenvalue weighted by Gasteiger charge is -2.39. The van der Waals surface area contributed by atoms with Crippen molar-refractivity contribution in [3.8, 4) is 11.5 Å². The van der Waals surface area contributed by atoms with Gasteiger partial charge < -0.3 is 20.5 Å². The minimum Gasteiger partial charge on any atom is -0.493 e. The Hall–Kier alpha value is -1.75. The second kappa shape index (κ2) is 6.80. The highest BCUT2D eigenvalue weighted by molar-refractivity contribution is 5.83. The van der Waals surface area contributed by atoms with Gasteiger partial charge in [0.05, 0.1) is 19.6 Å². The molecule has 1 fully saturated rings. The maximum Gasteiger partial charge on any atom is 0.227 e. The van der Waals surface area contributed by atoms with Gasteiger partial charge in [-0.25, -0.2) is 0 Å². The van der Waals surface area contributed by atoms with Crippen molar-refractivity contribution in [1.29, 1.82) is 0 Å². The first-order valence-corrected chi connectivity index (χ1v) is 7.34. The van der Waals surface area contributed by atoms with E-state index in [1.807, 2.05) is 18.2 Å². The molecule has 2 rings (SSSR count). The normalized spacial score (nSPS) is 16.0. The highest BCUT2D eigenvalue weighted by Crippen LogP contribution is 2.39. The van der Waals surface area contributed by atoms with E-state index in [4.69, 9.17) is 15.2 Å². The van der Waals surface area contributed by atoms with Crippen molar-refractivity contribution in [2.75, 3.05) is 27.3 Å². The second-order valence-electron chi connectivity index (χ2n) is 5.53. The van der Waals surface area contributed by atoms with Gasteiger partial charge in [0, 0.05) is 13.1 Å². The van der Waals surface area contributed by atoms with Gasteiger partial charge in [0.15, 0.2) is 11.5 Å². The Morgan fingerprint density at radius 1 is 1.29 bits per heavy atom. The van der Waals surface area contributed by atoms with Crippen LogP contribution in [0.2, 0.25) is 0 Å². The van der Waals surface area contributed by atoms with Gasteiger partial charge in [0.25, 0.3) is 0 Å². The molecular weight excluding hydrogens is 268 g/mol. The molecule has 0 spiro atoms. The molecule has 0 heterocycles. The van der Waals surface area contributed by atoms with Crippen LogP contribution in [0.1, 0.15) is 24.8 Å². The van der Waals surface area contributed by atoms with Crippen molar-refractivity contribution in [2.45, 2.75) is 25.7 Å². The van der Waals surface area contributed by atoms with E-state index < -0.39 is 0 Å². The van der Waals surface area contributed by atoms with Crippen LogP contribution in [0.4, 0.5) is 0 Å². The van der Waals surface area contributed by atoms with Gasteiger partial charge in [-0.05, 0) is 37.0 Å². The summed E-state index contributed by atoms with van der Waals surface area (Å²) in [5.41, 5.74) is 6.52. The molecule has 0 saturated heterocycles. The van der Waals surface area contributed by atoms with Gasteiger partial charge in [-0.15, -0.1) is 0 Å². The predicted octanol–water partition coefficient (Wildman–Crippen LogP) is 1.49. The molecule has 1 aliphatic carbocycles. The first kappa shape index (κ1) is 15.6. The Morgan fingerprint density at radius 3 is 2.52 bits per heavy atom. The van der Waals surface area contributed by atoms with Crippen LogP contribution in [0.3, 0.4) is 0 Å². The maximum atomic E-state index is 12.2. The van der Waals surface area contributed by atoms with Gasteiger partial charge in [-0.2, -0.15) is 0 Å². The predicted molar refractivity (Wildman–Crippen MR) is 81.6 cm³/mol. The summed E-state index contributed by atoms with van der Waals surface area (Å²) >= 11 is 0. The maximum absolute atomic E-state index is 12.2. The molecular formula is C16H24N2O3. The topological polar surface area (TPSA) is 73.6 Å². The largest absolute Gasteiger partial charge is 0.493 e. The summed E-state index contributed by atoms with van der Waals surface area (Å²) in [6, 6.07) is 5.80. The third-order valence-electron chi connectivity index (χ3n) is 4.33. The van der Waals surface area contributed by atoms with Crippen LogP contribution in [0, 0.1) is 5.41 Å². The zero-order valence-corrected chi connectivity index (χ0v) is 12.8. The second-order valence-corrected chi connectivity index (χ2v) is 5.53. The smallest absolute Gasteiger partial charge is 0.227 e. The quantitative estimate of drug-likeness (QED) is 0.798. The molecule has 0 aliphatic heterocycles. The van der Waals surface area contributed by atoms with Gasteiger partial charge in [-0.3, -0.25) is 4.79 Å². The number of benzene rings is 1. The average molecular weight is 292 g/mol. The number of hydrogen-bond acceptors (Lipinski definition) is 4.